The average Bonchev–Trinajstić information content (AvgIpc) is 2.45. The van der Waals surface area contributed by atoms with Crippen molar-refractivity contribution < 1.29 is 4.74 Å². The molecule has 0 saturated heterocycles. The highest BCUT2D eigenvalue weighted by molar-refractivity contribution is 9.10. The van der Waals surface area contributed by atoms with Gasteiger partial charge in [-0.25, -0.2) is 0 Å². The third kappa shape index (κ3) is 4.67. The molecule has 0 radical (unpaired) electrons. The molecule has 2 aromatic carbocycles. The highest BCUT2D eigenvalue weighted by Crippen LogP contribution is 2.28. The first-order valence-electron chi connectivity index (χ1n) is 6.14. The van der Waals surface area contributed by atoms with Crippen LogP contribution in [0.25, 0.3) is 0 Å². The van der Waals surface area contributed by atoms with Crippen LogP contribution in [-0.4, -0.2) is 6.61 Å². The minimum atomic E-state index is 0.249. The van der Waals surface area contributed by atoms with E-state index in [4.69, 9.17) is 22.8 Å². The lowest BCUT2D eigenvalue weighted by molar-refractivity contribution is 0.366. The van der Waals surface area contributed by atoms with Crippen LogP contribution in [0.2, 0.25) is 5.02 Å². The van der Waals surface area contributed by atoms with Crippen molar-refractivity contribution in [2.75, 3.05) is 11.9 Å². The van der Waals surface area contributed by atoms with E-state index in [-0.39, 0.29) is 6.61 Å². The summed E-state index contributed by atoms with van der Waals surface area (Å²) in [5, 5.41) is 4.03. The van der Waals surface area contributed by atoms with Gasteiger partial charge in [0.1, 0.15) is 12.4 Å². The fourth-order valence-corrected chi connectivity index (χ4v) is 3.00. The van der Waals surface area contributed by atoms with Crippen LogP contribution in [0, 0.1) is 12.3 Å². The van der Waals surface area contributed by atoms with Crippen molar-refractivity contribution >= 4 is 49.1 Å². The van der Waals surface area contributed by atoms with Gasteiger partial charge in [0.05, 0.1) is 0 Å². The van der Waals surface area contributed by atoms with Gasteiger partial charge in [0.15, 0.2) is 0 Å². The summed E-state index contributed by atoms with van der Waals surface area (Å²) in [5.41, 5.74) is 1.98. The second kappa shape index (κ2) is 7.74. The Kier molecular flexibility index (Phi) is 5.98. The quantitative estimate of drug-likeness (QED) is 0.635. The Labute approximate surface area is 146 Å². The van der Waals surface area contributed by atoms with Crippen molar-refractivity contribution in [3.8, 4) is 18.1 Å². The Morgan fingerprint density at radius 1 is 1.19 bits per heavy atom. The van der Waals surface area contributed by atoms with Crippen molar-refractivity contribution in [2.24, 2.45) is 0 Å². The van der Waals surface area contributed by atoms with E-state index >= 15 is 0 Å². The van der Waals surface area contributed by atoms with Crippen LogP contribution in [0.3, 0.4) is 0 Å². The van der Waals surface area contributed by atoms with Gasteiger partial charge in [0, 0.05) is 31.8 Å². The summed E-state index contributed by atoms with van der Waals surface area (Å²) in [5.74, 6) is 3.24. The number of anilines is 1. The van der Waals surface area contributed by atoms with Gasteiger partial charge in [-0.2, -0.15) is 0 Å². The van der Waals surface area contributed by atoms with Crippen molar-refractivity contribution in [2.45, 2.75) is 6.54 Å². The molecule has 0 aromatic heterocycles. The van der Waals surface area contributed by atoms with Gasteiger partial charge in [0.2, 0.25) is 0 Å². The van der Waals surface area contributed by atoms with E-state index in [1.165, 1.54) is 0 Å². The molecule has 0 unspecified atom stereocenters. The van der Waals surface area contributed by atoms with Crippen LogP contribution in [0.5, 0.6) is 5.75 Å². The number of terminal acetylenes is 1. The molecule has 0 spiro atoms. The highest BCUT2D eigenvalue weighted by Gasteiger charge is 2.06. The van der Waals surface area contributed by atoms with Gasteiger partial charge in [-0.1, -0.05) is 33.5 Å². The van der Waals surface area contributed by atoms with E-state index in [9.17, 15) is 0 Å². The summed E-state index contributed by atoms with van der Waals surface area (Å²) in [7, 11) is 0. The zero-order valence-electron chi connectivity index (χ0n) is 11.0. The second-order valence-corrected chi connectivity index (χ2v) is 6.43. The van der Waals surface area contributed by atoms with E-state index in [0.29, 0.717) is 11.6 Å². The normalized spacial score (nSPS) is 10.0. The lowest BCUT2D eigenvalue weighted by Crippen LogP contribution is -2.04. The van der Waals surface area contributed by atoms with Gasteiger partial charge in [-0.15, -0.1) is 6.42 Å². The third-order valence-corrected chi connectivity index (χ3v) is 4.12. The zero-order valence-corrected chi connectivity index (χ0v) is 14.9. The highest BCUT2D eigenvalue weighted by atomic mass is 79.9. The monoisotopic (exact) mass is 427 g/mol. The van der Waals surface area contributed by atoms with Gasteiger partial charge in [-0.05, 0) is 52.3 Å². The first-order valence-corrected chi connectivity index (χ1v) is 8.10. The lowest BCUT2D eigenvalue weighted by atomic mass is 10.2. The summed E-state index contributed by atoms with van der Waals surface area (Å²) >= 11 is 12.9. The third-order valence-electron chi connectivity index (χ3n) is 2.73. The van der Waals surface area contributed by atoms with Crippen LogP contribution in [0.1, 0.15) is 5.56 Å². The van der Waals surface area contributed by atoms with Gasteiger partial charge in [-0.3, -0.25) is 0 Å². The molecule has 2 nitrogen and oxygen atoms in total. The summed E-state index contributed by atoms with van der Waals surface area (Å²) < 4.78 is 7.45. The van der Waals surface area contributed by atoms with Crippen LogP contribution in [0.15, 0.2) is 45.3 Å². The number of nitrogens with one attached hydrogen (secondary N) is 1. The number of hydrogen-bond acceptors (Lipinski definition) is 2. The summed E-state index contributed by atoms with van der Waals surface area (Å²) in [4.78, 5) is 0. The molecule has 0 aliphatic rings. The van der Waals surface area contributed by atoms with Crippen LogP contribution >= 0.6 is 43.5 Å². The maximum atomic E-state index is 5.93. The standard InChI is InChI=1S/C16H12Br2ClNO/c1-2-7-21-16-6-3-12(17)8-11(16)10-20-15-5-4-13(19)9-14(15)18/h1,3-6,8-9,20H,7,10H2. The predicted octanol–water partition coefficient (Wildman–Crippen LogP) is 5.49. The maximum Gasteiger partial charge on any atom is 0.148 e. The molecule has 0 fully saturated rings. The van der Waals surface area contributed by atoms with E-state index in [1.807, 2.05) is 36.4 Å². The SMILES string of the molecule is C#CCOc1ccc(Br)cc1CNc1ccc(Cl)cc1Br. The van der Waals surface area contributed by atoms with E-state index in [0.717, 1.165) is 25.9 Å². The molecule has 21 heavy (non-hydrogen) atoms. The molecular weight excluding hydrogens is 417 g/mol. The topological polar surface area (TPSA) is 21.3 Å². The molecule has 0 saturated carbocycles. The van der Waals surface area contributed by atoms with Crippen LogP contribution in [0.4, 0.5) is 5.69 Å². The predicted molar refractivity (Wildman–Crippen MR) is 94.9 cm³/mol. The first-order chi connectivity index (χ1) is 10.1. The minimum absolute atomic E-state index is 0.249. The van der Waals surface area contributed by atoms with Crippen molar-refractivity contribution in [3.05, 3.63) is 55.9 Å². The molecule has 0 amide bonds. The van der Waals surface area contributed by atoms with E-state index in [2.05, 4.69) is 43.1 Å². The Morgan fingerprint density at radius 3 is 2.71 bits per heavy atom. The molecule has 2 rings (SSSR count). The molecule has 0 bridgehead atoms. The maximum absolute atomic E-state index is 5.93. The van der Waals surface area contributed by atoms with Gasteiger partial charge >= 0.3 is 0 Å². The molecule has 0 heterocycles. The molecule has 0 aliphatic heterocycles. The van der Waals surface area contributed by atoms with Crippen LogP contribution < -0.4 is 10.1 Å². The number of benzene rings is 2. The second-order valence-electron chi connectivity index (χ2n) is 4.22. The Morgan fingerprint density at radius 2 is 2.00 bits per heavy atom. The molecule has 0 aliphatic carbocycles. The number of hydrogen-bond donors (Lipinski definition) is 1. The van der Waals surface area contributed by atoms with Crippen molar-refractivity contribution in [1.82, 2.24) is 0 Å². The molecular formula is C16H12Br2ClNO. The summed E-state index contributed by atoms with van der Waals surface area (Å²) in [6, 6.07) is 11.4. The molecule has 2 aromatic rings. The first kappa shape index (κ1) is 16.2. The van der Waals surface area contributed by atoms with E-state index in [1.54, 1.807) is 0 Å². The van der Waals surface area contributed by atoms with Crippen LogP contribution in [-0.2, 0) is 6.54 Å². The van der Waals surface area contributed by atoms with Gasteiger partial charge < -0.3 is 10.1 Å². The Hall–Kier alpha value is -1.15. The minimum Gasteiger partial charge on any atom is -0.481 e. The number of ether oxygens (including phenoxy) is 1. The summed E-state index contributed by atoms with van der Waals surface area (Å²) in [6.07, 6.45) is 5.24. The fraction of sp³-hybridized carbons (Fsp3) is 0.125. The molecule has 5 heteroatoms. The van der Waals surface area contributed by atoms with E-state index < -0.39 is 0 Å². The molecule has 1 N–H and O–H groups in total. The molecule has 108 valence electrons. The van der Waals surface area contributed by atoms with Crippen molar-refractivity contribution in [3.63, 3.8) is 0 Å². The van der Waals surface area contributed by atoms with Crippen molar-refractivity contribution in [1.29, 1.82) is 0 Å². The molecule has 0 atom stereocenters. The number of rotatable bonds is 5. The van der Waals surface area contributed by atoms with Gasteiger partial charge in [0.25, 0.3) is 0 Å². The smallest absolute Gasteiger partial charge is 0.148 e. The number of halogens is 3. The fourth-order valence-electron chi connectivity index (χ4n) is 1.77. The Balaban J connectivity index is 2.15. The largest absolute Gasteiger partial charge is 0.481 e. The lowest BCUT2D eigenvalue weighted by Gasteiger charge is -2.13. The average molecular weight is 430 g/mol. The summed E-state index contributed by atoms with van der Waals surface area (Å²) in [6.45, 7) is 0.860. The Bertz CT molecular complexity index is 682. The zero-order chi connectivity index (χ0) is 15.2.